The van der Waals surface area contributed by atoms with Crippen LogP contribution in [0, 0.1) is 0 Å². The molecule has 0 aromatic heterocycles. The van der Waals surface area contributed by atoms with Crippen molar-refractivity contribution in [2.75, 3.05) is 33.1 Å². The van der Waals surface area contributed by atoms with Gasteiger partial charge in [-0.3, -0.25) is 0 Å². The fourth-order valence-electron chi connectivity index (χ4n) is 5.60. The molecule has 2 aromatic carbocycles. The molecule has 1 heterocycles. The first-order valence-electron chi connectivity index (χ1n) is 12.7. The number of ether oxygens (including phenoxy) is 2. The van der Waals surface area contributed by atoms with Crippen molar-refractivity contribution in [1.82, 2.24) is 10.2 Å². The van der Waals surface area contributed by atoms with Gasteiger partial charge in [-0.25, -0.2) is 9.59 Å². The molecule has 2 amide bonds. The molecule has 1 aliphatic carbocycles. The third-order valence-electron chi connectivity index (χ3n) is 7.60. The van der Waals surface area contributed by atoms with Gasteiger partial charge in [0.1, 0.15) is 0 Å². The number of nitrogens with one attached hydrogen (secondary N) is 2. The minimum atomic E-state index is -5.08. The number of fused-ring (bicyclic) bond motifs is 1. The summed E-state index contributed by atoms with van der Waals surface area (Å²) in [6, 6.07) is 9.11. The molecule has 232 valence electrons. The Morgan fingerprint density at radius 3 is 2.24 bits per heavy atom. The number of carboxylic acids is 1. The van der Waals surface area contributed by atoms with E-state index in [0.29, 0.717) is 22.4 Å². The Bertz CT molecular complexity index is 1290. The number of likely N-dealkylation sites (N-methyl/N-ethyl adjacent to an activating group) is 1. The van der Waals surface area contributed by atoms with E-state index >= 15 is 0 Å². The Balaban J connectivity index is 0.000000616. The summed E-state index contributed by atoms with van der Waals surface area (Å²) >= 11 is 3.06. The molecule has 2 aromatic rings. The largest absolute Gasteiger partial charge is 0.493 e. The maximum Gasteiger partial charge on any atom is 0.490 e. The Hall–Kier alpha value is -3.20. The standard InChI is InChI=1S/C25H29BrF3N3O3.C2HF3O2/c1-32-11-10-24(15-4-7-20(34-2)21(12-15)35-3)9-8-17(14-22(24)32)30-23(33)31-19-6-5-16(26)13-18(19)25(27,28)29;3-2(4,5)1(6)7/h4-7,12-13,17,22H,8-11,14H2,1-3H3,(H2,30,31,33);(H,6,7). The van der Waals surface area contributed by atoms with Gasteiger partial charge in [-0.05, 0) is 75.2 Å². The highest BCUT2D eigenvalue weighted by molar-refractivity contribution is 9.10. The van der Waals surface area contributed by atoms with Gasteiger partial charge in [-0.1, -0.05) is 22.0 Å². The zero-order chi connectivity index (χ0) is 31.5. The Morgan fingerprint density at radius 1 is 1.02 bits per heavy atom. The topological polar surface area (TPSA) is 100 Å². The predicted molar refractivity (Wildman–Crippen MR) is 145 cm³/mol. The number of carbonyl (C=O) groups excluding carboxylic acids is 1. The van der Waals surface area contributed by atoms with E-state index in [1.165, 1.54) is 17.7 Å². The van der Waals surface area contributed by atoms with Crippen LogP contribution >= 0.6 is 15.9 Å². The maximum absolute atomic E-state index is 13.4. The number of carbonyl (C=O) groups is 2. The third kappa shape index (κ3) is 7.60. The highest BCUT2D eigenvalue weighted by Gasteiger charge is 2.50. The van der Waals surface area contributed by atoms with Gasteiger partial charge in [0.15, 0.2) is 11.5 Å². The lowest BCUT2D eigenvalue weighted by Crippen LogP contribution is -2.52. The quantitative estimate of drug-likeness (QED) is 0.317. The van der Waals surface area contributed by atoms with E-state index in [-0.39, 0.29) is 23.2 Å². The summed E-state index contributed by atoms with van der Waals surface area (Å²) in [4.78, 5) is 23.9. The molecule has 0 spiro atoms. The van der Waals surface area contributed by atoms with Crippen molar-refractivity contribution in [2.45, 2.75) is 55.5 Å². The average molecular weight is 670 g/mol. The highest BCUT2D eigenvalue weighted by Crippen LogP contribution is 2.50. The molecule has 1 saturated heterocycles. The van der Waals surface area contributed by atoms with Crippen LogP contribution in [0.5, 0.6) is 11.5 Å². The molecule has 0 bridgehead atoms. The molecule has 8 nitrogen and oxygen atoms in total. The van der Waals surface area contributed by atoms with Crippen molar-refractivity contribution in [2.24, 2.45) is 0 Å². The number of amides is 2. The van der Waals surface area contributed by atoms with Gasteiger partial charge in [0.05, 0.1) is 25.5 Å². The molecule has 3 unspecified atom stereocenters. The van der Waals surface area contributed by atoms with E-state index in [2.05, 4.69) is 44.6 Å². The van der Waals surface area contributed by atoms with E-state index in [1.807, 2.05) is 12.1 Å². The van der Waals surface area contributed by atoms with Crippen molar-refractivity contribution >= 4 is 33.6 Å². The van der Waals surface area contributed by atoms with E-state index in [9.17, 15) is 31.1 Å². The van der Waals surface area contributed by atoms with Crippen molar-refractivity contribution in [1.29, 1.82) is 0 Å². The van der Waals surface area contributed by atoms with Crippen molar-refractivity contribution in [3.05, 3.63) is 52.0 Å². The Labute approximate surface area is 246 Å². The number of rotatable bonds is 5. The third-order valence-corrected chi connectivity index (χ3v) is 8.09. The number of nitrogens with zero attached hydrogens (tertiary/aromatic N) is 1. The highest BCUT2D eigenvalue weighted by atomic mass is 79.9. The molecular formula is C27H30BrF6N3O5. The molecule has 15 heteroatoms. The minimum absolute atomic E-state index is 0.0852. The number of halogens is 7. The van der Waals surface area contributed by atoms with Crippen LogP contribution in [0.15, 0.2) is 40.9 Å². The summed E-state index contributed by atoms with van der Waals surface area (Å²) in [5.74, 6) is -1.40. The van der Waals surface area contributed by atoms with E-state index in [4.69, 9.17) is 19.4 Å². The summed E-state index contributed by atoms with van der Waals surface area (Å²) < 4.78 is 83.2. The number of hydrogen-bond acceptors (Lipinski definition) is 5. The molecule has 3 N–H and O–H groups in total. The van der Waals surface area contributed by atoms with Crippen molar-refractivity contribution in [3.8, 4) is 11.5 Å². The van der Waals surface area contributed by atoms with Gasteiger partial charge >= 0.3 is 24.4 Å². The zero-order valence-electron chi connectivity index (χ0n) is 22.8. The lowest BCUT2D eigenvalue weighted by molar-refractivity contribution is -0.192. The van der Waals surface area contributed by atoms with Gasteiger partial charge in [0.25, 0.3) is 0 Å². The van der Waals surface area contributed by atoms with Crippen LogP contribution in [-0.4, -0.2) is 68.1 Å². The van der Waals surface area contributed by atoms with Crippen molar-refractivity contribution < 1.29 is 50.5 Å². The molecule has 3 atom stereocenters. The van der Waals surface area contributed by atoms with Crippen LogP contribution in [0.4, 0.5) is 36.8 Å². The van der Waals surface area contributed by atoms with E-state index < -0.39 is 29.9 Å². The number of hydrogen-bond donors (Lipinski definition) is 3. The summed E-state index contributed by atoms with van der Waals surface area (Å²) in [6.45, 7) is 0.922. The summed E-state index contributed by atoms with van der Waals surface area (Å²) in [5.41, 5.74) is -0.0737. The molecule has 2 fully saturated rings. The lowest BCUT2D eigenvalue weighted by atomic mass is 9.65. The van der Waals surface area contributed by atoms with E-state index in [1.54, 1.807) is 14.2 Å². The SMILES string of the molecule is COc1ccc(C23CCC(NC(=O)Nc4ccc(Br)cc4C(F)(F)F)CC2N(C)CC3)cc1OC.O=C(O)C(F)(F)F. The van der Waals surface area contributed by atoms with Crippen LogP contribution in [-0.2, 0) is 16.4 Å². The van der Waals surface area contributed by atoms with Crippen LogP contribution in [0.25, 0.3) is 0 Å². The number of alkyl halides is 6. The molecule has 0 radical (unpaired) electrons. The Morgan fingerprint density at radius 2 is 1.67 bits per heavy atom. The molecule has 1 saturated carbocycles. The van der Waals surface area contributed by atoms with Gasteiger partial charge in [-0.15, -0.1) is 0 Å². The zero-order valence-corrected chi connectivity index (χ0v) is 24.4. The average Bonchev–Trinajstić information content (AvgIpc) is 3.25. The smallest absolute Gasteiger partial charge is 0.490 e. The normalized spacial score (nSPS) is 22.3. The van der Waals surface area contributed by atoms with Gasteiger partial charge in [0.2, 0.25) is 0 Å². The number of likely N-dealkylation sites (tertiary alicyclic amines) is 1. The number of methoxy groups -OCH3 is 2. The maximum atomic E-state index is 13.4. The van der Waals surface area contributed by atoms with E-state index in [0.717, 1.165) is 31.9 Å². The molecule has 4 rings (SSSR count). The first-order valence-corrected chi connectivity index (χ1v) is 13.5. The summed E-state index contributed by atoms with van der Waals surface area (Å²) in [5, 5.41) is 12.4. The van der Waals surface area contributed by atoms with Gasteiger partial charge in [0, 0.05) is 22.0 Å². The van der Waals surface area contributed by atoms with Crippen LogP contribution in [0.2, 0.25) is 0 Å². The molecule has 1 aliphatic heterocycles. The molecule has 42 heavy (non-hydrogen) atoms. The molecule has 2 aliphatic rings. The number of aliphatic carboxylic acids is 1. The number of benzene rings is 2. The van der Waals surface area contributed by atoms with Crippen LogP contribution in [0.3, 0.4) is 0 Å². The van der Waals surface area contributed by atoms with Crippen LogP contribution in [0.1, 0.15) is 36.8 Å². The second-order valence-corrected chi connectivity index (χ2v) is 10.9. The summed E-state index contributed by atoms with van der Waals surface area (Å²) in [6.07, 6.45) is -6.42. The summed E-state index contributed by atoms with van der Waals surface area (Å²) in [7, 11) is 5.30. The van der Waals surface area contributed by atoms with Crippen LogP contribution < -0.4 is 20.1 Å². The Kier molecular flexibility index (Phi) is 10.3. The van der Waals surface area contributed by atoms with Gasteiger partial charge in [-0.2, -0.15) is 26.3 Å². The van der Waals surface area contributed by atoms with Gasteiger partial charge < -0.3 is 30.1 Å². The lowest BCUT2D eigenvalue weighted by Gasteiger charge is -2.45. The number of anilines is 1. The number of carboxylic acid groups (broad SMARTS) is 1. The number of urea groups is 1. The van der Waals surface area contributed by atoms with Crippen molar-refractivity contribution in [3.63, 3.8) is 0 Å². The fraction of sp³-hybridized carbons (Fsp3) is 0.481. The second-order valence-electron chi connectivity index (χ2n) is 10.0. The predicted octanol–water partition coefficient (Wildman–Crippen LogP) is 6.43. The fourth-order valence-corrected chi connectivity index (χ4v) is 5.96. The molecular weight excluding hydrogens is 640 g/mol. The second kappa shape index (κ2) is 13.0. The first-order chi connectivity index (χ1) is 19.5. The monoisotopic (exact) mass is 669 g/mol. The first kappa shape index (κ1) is 33.3. The minimum Gasteiger partial charge on any atom is -0.493 e.